The molecule has 0 aliphatic carbocycles. The summed E-state index contributed by atoms with van der Waals surface area (Å²) in [6.45, 7) is -0.785. The number of rotatable bonds is 3. The number of halogens is 3. The topological polar surface area (TPSA) is 82.3 Å². The molecule has 0 unspecified atom stereocenters. The van der Waals surface area contributed by atoms with Gasteiger partial charge in [0, 0.05) is 31.3 Å². The molecule has 1 aliphatic heterocycles. The molecule has 1 fully saturated rings. The summed E-state index contributed by atoms with van der Waals surface area (Å²) >= 11 is 0. The van der Waals surface area contributed by atoms with Crippen molar-refractivity contribution in [1.82, 2.24) is 15.2 Å². The number of carbonyl (C=O) groups is 2. The first-order valence-electron chi connectivity index (χ1n) is 7.09. The van der Waals surface area contributed by atoms with Gasteiger partial charge in [-0.15, -0.1) is 0 Å². The van der Waals surface area contributed by atoms with Gasteiger partial charge in [-0.25, -0.2) is 0 Å². The first-order chi connectivity index (χ1) is 10.8. The molecule has 0 radical (unpaired) electrons. The van der Waals surface area contributed by atoms with Crippen LogP contribution in [0.25, 0.3) is 0 Å². The molecule has 0 bridgehead atoms. The van der Waals surface area contributed by atoms with Crippen molar-refractivity contribution in [3.63, 3.8) is 0 Å². The van der Waals surface area contributed by atoms with E-state index >= 15 is 0 Å². The van der Waals surface area contributed by atoms with Gasteiger partial charge in [-0.3, -0.25) is 14.4 Å². The van der Waals surface area contributed by atoms with Crippen LogP contribution in [0.15, 0.2) is 23.1 Å². The fourth-order valence-corrected chi connectivity index (χ4v) is 2.40. The number of carbonyl (C=O) groups excluding carboxylic acids is 2. The number of piperidine rings is 1. The standard InChI is InChI=1S/C14H16F3N3O3/c15-14(16,17)8-19-12(22)9-3-5-20(6-4-9)13(23)10-1-2-11(21)18-7-10/h1-2,7,9H,3-6,8H2,(H,18,21)(H,19,22). The normalized spacial score (nSPS) is 16.2. The fraction of sp³-hybridized carbons (Fsp3) is 0.500. The van der Waals surface area contributed by atoms with Crippen LogP contribution in [0.1, 0.15) is 23.2 Å². The molecule has 0 saturated carbocycles. The van der Waals surface area contributed by atoms with Crippen molar-refractivity contribution >= 4 is 11.8 Å². The third-order valence-corrected chi connectivity index (χ3v) is 3.65. The van der Waals surface area contributed by atoms with Gasteiger partial charge in [-0.2, -0.15) is 13.2 Å². The van der Waals surface area contributed by atoms with Crippen LogP contribution in [-0.4, -0.2) is 47.5 Å². The van der Waals surface area contributed by atoms with Gasteiger partial charge in [0.1, 0.15) is 6.54 Å². The SMILES string of the molecule is O=C(NCC(F)(F)F)C1CCN(C(=O)c2ccc(=O)[nH]c2)CC1. The van der Waals surface area contributed by atoms with Crippen LogP contribution in [0.4, 0.5) is 13.2 Å². The Morgan fingerprint density at radius 1 is 1.26 bits per heavy atom. The Morgan fingerprint density at radius 2 is 1.91 bits per heavy atom. The van der Waals surface area contributed by atoms with Crippen molar-refractivity contribution in [2.24, 2.45) is 5.92 Å². The Labute approximate surface area is 129 Å². The lowest BCUT2D eigenvalue weighted by Gasteiger charge is -2.31. The summed E-state index contributed by atoms with van der Waals surface area (Å²) in [5.74, 6) is -1.45. The summed E-state index contributed by atoms with van der Waals surface area (Å²) in [6.07, 6.45) is -2.51. The van der Waals surface area contributed by atoms with E-state index in [0.29, 0.717) is 18.4 Å². The Morgan fingerprint density at radius 3 is 2.43 bits per heavy atom. The molecule has 2 N–H and O–H groups in total. The number of alkyl halides is 3. The number of hydrogen-bond acceptors (Lipinski definition) is 3. The van der Waals surface area contributed by atoms with Crippen molar-refractivity contribution in [2.45, 2.75) is 19.0 Å². The van der Waals surface area contributed by atoms with E-state index in [4.69, 9.17) is 0 Å². The lowest BCUT2D eigenvalue weighted by atomic mass is 9.95. The second-order valence-corrected chi connectivity index (χ2v) is 5.34. The second kappa shape index (κ2) is 6.84. The van der Waals surface area contributed by atoms with E-state index in [1.807, 2.05) is 5.32 Å². The molecule has 0 atom stereocenters. The van der Waals surface area contributed by atoms with Crippen LogP contribution in [0.2, 0.25) is 0 Å². The number of hydrogen-bond donors (Lipinski definition) is 2. The highest BCUT2D eigenvalue weighted by Gasteiger charge is 2.32. The molecule has 1 aromatic heterocycles. The molecule has 0 spiro atoms. The Balaban J connectivity index is 1.86. The van der Waals surface area contributed by atoms with Crippen LogP contribution < -0.4 is 10.9 Å². The molecule has 1 saturated heterocycles. The molecule has 1 aromatic rings. The van der Waals surface area contributed by atoms with Crippen molar-refractivity contribution in [2.75, 3.05) is 19.6 Å². The third-order valence-electron chi connectivity index (χ3n) is 3.65. The monoisotopic (exact) mass is 331 g/mol. The lowest BCUT2D eigenvalue weighted by Crippen LogP contribution is -2.44. The van der Waals surface area contributed by atoms with Crippen LogP contribution >= 0.6 is 0 Å². The minimum Gasteiger partial charge on any atom is -0.347 e. The molecule has 2 heterocycles. The summed E-state index contributed by atoms with van der Waals surface area (Å²) in [5, 5.41) is 1.87. The average Bonchev–Trinajstić information content (AvgIpc) is 2.52. The highest BCUT2D eigenvalue weighted by Crippen LogP contribution is 2.20. The zero-order valence-corrected chi connectivity index (χ0v) is 12.2. The van der Waals surface area contributed by atoms with Gasteiger partial charge in [0.25, 0.3) is 5.91 Å². The summed E-state index contributed by atoms with van der Waals surface area (Å²) in [7, 11) is 0. The molecular weight excluding hydrogens is 315 g/mol. The number of aromatic amines is 1. The number of amides is 2. The highest BCUT2D eigenvalue weighted by atomic mass is 19.4. The molecule has 2 rings (SSSR count). The van der Waals surface area contributed by atoms with E-state index in [2.05, 4.69) is 4.98 Å². The third kappa shape index (κ3) is 4.83. The van der Waals surface area contributed by atoms with Crippen LogP contribution in [0.3, 0.4) is 0 Å². The van der Waals surface area contributed by atoms with Gasteiger partial charge in [0.05, 0.1) is 5.56 Å². The molecule has 9 heteroatoms. The lowest BCUT2D eigenvalue weighted by molar-refractivity contribution is -0.141. The van der Waals surface area contributed by atoms with E-state index in [1.54, 1.807) is 0 Å². The van der Waals surface area contributed by atoms with E-state index in [1.165, 1.54) is 23.2 Å². The van der Waals surface area contributed by atoms with Crippen molar-refractivity contribution in [3.8, 4) is 0 Å². The summed E-state index contributed by atoms with van der Waals surface area (Å²) in [6, 6.07) is 2.65. The molecule has 126 valence electrons. The van der Waals surface area contributed by atoms with Crippen LogP contribution in [0.5, 0.6) is 0 Å². The predicted octanol–water partition coefficient (Wildman–Crippen LogP) is 0.906. The Kier molecular flexibility index (Phi) is 5.07. The zero-order chi connectivity index (χ0) is 17.0. The van der Waals surface area contributed by atoms with Crippen LogP contribution in [0, 0.1) is 5.92 Å². The molecule has 1 aliphatic rings. The quantitative estimate of drug-likeness (QED) is 0.863. The second-order valence-electron chi connectivity index (χ2n) is 5.34. The van der Waals surface area contributed by atoms with E-state index in [9.17, 15) is 27.6 Å². The number of H-pyrrole nitrogens is 1. The maximum atomic E-state index is 12.2. The van der Waals surface area contributed by atoms with Gasteiger partial charge in [0.2, 0.25) is 11.5 Å². The maximum absolute atomic E-state index is 12.2. The van der Waals surface area contributed by atoms with Gasteiger partial charge >= 0.3 is 6.18 Å². The Hall–Kier alpha value is -2.32. The number of aromatic nitrogens is 1. The minimum absolute atomic E-state index is 0.280. The van der Waals surface area contributed by atoms with Gasteiger partial charge in [0.15, 0.2) is 0 Å². The van der Waals surface area contributed by atoms with E-state index in [0.717, 1.165) is 0 Å². The number of pyridine rings is 1. The van der Waals surface area contributed by atoms with Gasteiger partial charge < -0.3 is 15.2 Å². The minimum atomic E-state index is -4.43. The molecule has 2 amide bonds. The van der Waals surface area contributed by atoms with Crippen molar-refractivity contribution in [1.29, 1.82) is 0 Å². The maximum Gasteiger partial charge on any atom is 0.405 e. The number of likely N-dealkylation sites (tertiary alicyclic amines) is 1. The first-order valence-corrected chi connectivity index (χ1v) is 7.09. The largest absolute Gasteiger partial charge is 0.405 e. The molecule has 23 heavy (non-hydrogen) atoms. The number of nitrogens with zero attached hydrogens (tertiary/aromatic N) is 1. The molecular formula is C14H16F3N3O3. The summed E-state index contributed by atoms with van der Waals surface area (Å²) in [5.41, 5.74) is 0.00571. The Bertz CT molecular complexity index is 614. The summed E-state index contributed by atoms with van der Waals surface area (Å²) in [4.78, 5) is 38.8. The summed E-state index contributed by atoms with van der Waals surface area (Å²) < 4.78 is 36.2. The molecule has 6 nitrogen and oxygen atoms in total. The highest BCUT2D eigenvalue weighted by molar-refractivity contribution is 5.94. The van der Waals surface area contributed by atoms with E-state index in [-0.39, 0.29) is 24.6 Å². The van der Waals surface area contributed by atoms with Crippen molar-refractivity contribution < 1.29 is 22.8 Å². The van der Waals surface area contributed by atoms with Gasteiger partial charge in [-0.05, 0) is 18.9 Å². The number of nitrogens with one attached hydrogen (secondary N) is 2. The van der Waals surface area contributed by atoms with Crippen LogP contribution in [-0.2, 0) is 4.79 Å². The fourth-order valence-electron chi connectivity index (χ4n) is 2.40. The molecule has 0 aromatic carbocycles. The predicted molar refractivity (Wildman–Crippen MR) is 74.8 cm³/mol. The van der Waals surface area contributed by atoms with E-state index < -0.39 is 24.5 Å². The first kappa shape index (κ1) is 17.0. The smallest absolute Gasteiger partial charge is 0.347 e. The zero-order valence-electron chi connectivity index (χ0n) is 12.2. The average molecular weight is 331 g/mol. The van der Waals surface area contributed by atoms with Gasteiger partial charge in [-0.1, -0.05) is 0 Å². The van der Waals surface area contributed by atoms with Crippen molar-refractivity contribution in [3.05, 3.63) is 34.2 Å².